The summed E-state index contributed by atoms with van der Waals surface area (Å²) in [5, 5.41) is 0. The number of hydrogen-bond acceptors (Lipinski definition) is 2. The maximum Gasteiger partial charge on any atom is 0.152 e. The van der Waals surface area contributed by atoms with Crippen molar-refractivity contribution in [1.82, 2.24) is 4.90 Å². The van der Waals surface area contributed by atoms with Crippen LogP contribution in [0.25, 0.3) is 0 Å². The van der Waals surface area contributed by atoms with E-state index in [0.29, 0.717) is 5.78 Å². The monoisotopic (exact) mass is 395 g/mol. The Hall–Kier alpha value is 1.07. The van der Waals surface area contributed by atoms with Crippen molar-refractivity contribution in [3.05, 3.63) is 7.05 Å². The van der Waals surface area contributed by atoms with Crippen LogP contribution in [0, 0.1) is 56.5 Å². The van der Waals surface area contributed by atoms with Gasteiger partial charge < -0.3 is 4.90 Å². The molecule has 0 bridgehead atoms. The van der Waals surface area contributed by atoms with Gasteiger partial charge >= 0.3 is 0 Å². The Morgan fingerprint density at radius 1 is 1.46 bits per heavy atom. The average molecular weight is 395 g/mol. The van der Waals surface area contributed by atoms with Gasteiger partial charge in [0.1, 0.15) is 0 Å². The normalized spacial score (nSPS) is 24.2. The van der Waals surface area contributed by atoms with Crippen LogP contribution in [0.2, 0.25) is 0 Å². The number of likely N-dealkylation sites (tertiary alicyclic amines) is 1. The third-order valence-electron chi connectivity index (χ3n) is 2.41. The number of nitrogens with zero attached hydrogens (tertiary/aromatic N) is 1. The molecule has 1 saturated heterocycles. The SMILES string of the molecule is [Ac].[CH2-]N1CCC[C@H]1C(=O)C(C)(C)C. The third kappa shape index (κ3) is 3.61. The quantitative estimate of drug-likeness (QED) is 0.632. The van der Waals surface area contributed by atoms with Gasteiger partial charge in [0.15, 0.2) is 5.78 Å². The smallest absolute Gasteiger partial charge is 0.152 e. The van der Waals surface area contributed by atoms with Crippen LogP contribution in [0.1, 0.15) is 33.6 Å². The first-order chi connectivity index (χ1) is 5.43. The van der Waals surface area contributed by atoms with Crippen molar-refractivity contribution >= 4 is 5.78 Å². The van der Waals surface area contributed by atoms with Crippen LogP contribution in [-0.4, -0.2) is 23.3 Å². The molecule has 13 heavy (non-hydrogen) atoms. The molecule has 2 nitrogen and oxygen atoms in total. The van der Waals surface area contributed by atoms with Gasteiger partial charge in [-0.15, -0.1) is 0 Å². The summed E-state index contributed by atoms with van der Waals surface area (Å²) in [5.41, 5.74) is -0.217. The fraction of sp³-hybridized carbons (Fsp3) is 0.800. The summed E-state index contributed by atoms with van der Waals surface area (Å²) in [7, 11) is 3.87. The average Bonchev–Trinajstić information content (AvgIpc) is 2.31. The number of carbonyl (C=O) groups is 1. The molecule has 0 spiro atoms. The molecule has 1 heterocycles. The van der Waals surface area contributed by atoms with Gasteiger partial charge in [-0.2, -0.15) is 0 Å². The summed E-state index contributed by atoms with van der Waals surface area (Å²) in [4.78, 5) is 13.7. The summed E-state index contributed by atoms with van der Waals surface area (Å²) in [6.07, 6.45) is 2.09. The molecule has 1 fully saturated rings. The second-order valence-electron chi connectivity index (χ2n) is 4.58. The van der Waals surface area contributed by atoms with Gasteiger partial charge in [-0.05, 0) is 19.4 Å². The summed E-state index contributed by atoms with van der Waals surface area (Å²) < 4.78 is 0. The van der Waals surface area contributed by atoms with Crippen LogP contribution in [0.3, 0.4) is 0 Å². The van der Waals surface area contributed by atoms with Crippen LogP contribution in [0.4, 0.5) is 0 Å². The summed E-state index contributed by atoms with van der Waals surface area (Å²) in [5.74, 6) is 0.329. The molecule has 3 heteroatoms. The summed E-state index contributed by atoms with van der Waals surface area (Å²) in [6.45, 7) is 6.89. The Balaban J connectivity index is 0.00000144. The molecule has 1 atom stereocenters. The fourth-order valence-electron chi connectivity index (χ4n) is 1.62. The molecule has 1 rings (SSSR count). The van der Waals surface area contributed by atoms with Crippen molar-refractivity contribution in [2.75, 3.05) is 6.54 Å². The molecule has 0 N–H and O–H groups in total. The number of ketones is 1. The third-order valence-corrected chi connectivity index (χ3v) is 2.41. The molecule has 0 aromatic heterocycles. The fourth-order valence-corrected chi connectivity index (χ4v) is 1.62. The summed E-state index contributed by atoms with van der Waals surface area (Å²) in [6, 6.07) is 0.0741. The molecule has 0 unspecified atom stereocenters. The minimum Gasteiger partial charge on any atom is -0.450 e. The largest absolute Gasteiger partial charge is 0.450 e. The van der Waals surface area contributed by atoms with Crippen LogP contribution >= 0.6 is 0 Å². The van der Waals surface area contributed by atoms with Crippen LogP contribution < -0.4 is 0 Å². The molecule has 0 aromatic rings. The maximum absolute atomic E-state index is 11.8. The topological polar surface area (TPSA) is 20.3 Å². The summed E-state index contributed by atoms with van der Waals surface area (Å²) >= 11 is 0. The van der Waals surface area contributed by atoms with E-state index in [4.69, 9.17) is 0 Å². The van der Waals surface area contributed by atoms with E-state index in [1.165, 1.54) is 0 Å². The number of hydrogen-bond donors (Lipinski definition) is 0. The Bertz CT molecular complexity index is 186. The van der Waals surface area contributed by atoms with Crippen molar-refractivity contribution in [2.24, 2.45) is 5.41 Å². The molecule has 0 saturated carbocycles. The van der Waals surface area contributed by atoms with Gasteiger partial charge in [0, 0.05) is 55.5 Å². The number of rotatable bonds is 1. The van der Waals surface area contributed by atoms with E-state index in [0.717, 1.165) is 19.4 Å². The number of Topliss-reactive ketones (excluding diaryl/α,β-unsaturated/α-hetero) is 1. The van der Waals surface area contributed by atoms with E-state index in [2.05, 4.69) is 7.05 Å². The minimum atomic E-state index is -0.217. The first kappa shape index (κ1) is 14.1. The second-order valence-corrected chi connectivity index (χ2v) is 4.58. The zero-order valence-electron chi connectivity index (χ0n) is 8.84. The first-order valence-electron chi connectivity index (χ1n) is 4.54. The molecule has 0 aliphatic carbocycles. The standard InChI is InChI=1S/C10H18NO.Ac/c1-10(2,3)9(12)8-6-5-7-11(8)4;/h8H,4-7H2,1-3H3;/q-1;/t8-;/m0./s1. The van der Waals surface area contributed by atoms with Gasteiger partial charge in [-0.1, -0.05) is 20.8 Å². The first-order valence-corrected chi connectivity index (χ1v) is 4.54. The van der Waals surface area contributed by atoms with Gasteiger partial charge in [-0.3, -0.25) is 11.8 Å². The van der Waals surface area contributed by atoms with E-state index < -0.39 is 0 Å². The molecule has 1 radical (unpaired) electrons. The zero-order chi connectivity index (χ0) is 9.35. The maximum atomic E-state index is 11.8. The van der Waals surface area contributed by atoms with Gasteiger partial charge in [0.2, 0.25) is 0 Å². The molecule has 1 aliphatic rings. The molecule has 0 aromatic carbocycles. The molecule has 1 aliphatic heterocycles. The van der Waals surface area contributed by atoms with Crippen LogP contribution in [0.15, 0.2) is 0 Å². The molecule has 73 valence electrons. The Morgan fingerprint density at radius 2 is 2.00 bits per heavy atom. The van der Waals surface area contributed by atoms with E-state index in [1.54, 1.807) is 0 Å². The Labute approximate surface area is 117 Å². The molecule has 0 amide bonds. The predicted molar refractivity (Wildman–Crippen MR) is 49.5 cm³/mol. The Kier molecular flexibility index (Phi) is 5.67. The van der Waals surface area contributed by atoms with Gasteiger partial charge in [0.05, 0.1) is 0 Å². The minimum absolute atomic E-state index is 0. The van der Waals surface area contributed by atoms with E-state index in [-0.39, 0.29) is 55.5 Å². The predicted octanol–water partition coefficient (Wildman–Crippen LogP) is 1.86. The zero-order valence-corrected chi connectivity index (χ0v) is 13.6. The molecular formula is C10H18AcNO-. The second kappa shape index (κ2) is 5.24. The van der Waals surface area contributed by atoms with Crippen LogP contribution in [0.5, 0.6) is 0 Å². The van der Waals surface area contributed by atoms with E-state index in [1.807, 2.05) is 25.7 Å². The van der Waals surface area contributed by atoms with Crippen LogP contribution in [-0.2, 0) is 4.79 Å². The van der Waals surface area contributed by atoms with Crippen molar-refractivity contribution < 1.29 is 48.9 Å². The molecular weight excluding hydrogens is 377 g/mol. The van der Waals surface area contributed by atoms with E-state index in [9.17, 15) is 4.79 Å². The van der Waals surface area contributed by atoms with Gasteiger partial charge in [-0.25, -0.2) is 0 Å². The van der Waals surface area contributed by atoms with Crippen molar-refractivity contribution in [2.45, 2.75) is 39.7 Å². The Morgan fingerprint density at radius 3 is 2.31 bits per heavy atom. The van der Waals surface area contributed by atoms with E-state index >= 15 is 0 Å². The van der Waals surface area contributed by atoms with Crippen molar-refractivity contribution in [3.8, 4) is 0 Å². The van der Waals surface area contributed by atoms with Crippen molar-refractivity contribution in [3.63, 3.8) is 0 Å². The van der Waals surface area contributed by atoms with Gasteiger partial charge in [0.25, 0.3) is 0 Å². The van der Waals surface area contributed by atoms with Crippen molar-refractivity contribution in [1.29, 1.82) is 0 Å². The number of carbonyl (C=O) groups excluding carboxylic acids is 1.